The summed E-state index contributed by atoms with van der Waals surface area (Å²) in [6, 6.07) is 0. The van der Waals surface area contributed by atoms with Gasteiger partial charge in [0, 0.05) is 22.4 Å². The van der Waals surface area contributed by atoms with Gasteiger partial charge in [-0.3, -0.25) is 4.55 Å². The van der Waals surface area contributed by atoms with Crippen molar-refractivity contribution in [1.82, 2.24) is 0 Å². The first-order valence-corrected chi connectivity index (χ1v) is 3.86. The summed E-state index contributed by atoms with van der Waals surface area (Å²) in [5, 5.41) is 0. The zero-order valence-electron chi connectivity index (χ0n) is 3.61. The van der Waals surface area contributed by atoms with E-state index in [0.717, 1.165) is 0 Å². The van der Waals surface area contributed by atoms with Crippen molar-refractivity contribution in [3.8, 4) is 0 Å². The van der Waals surface area contributed by atoms with E-state index in [0.29, 0.717) is 0 Å². The molecule has 0 heterocycles. The molecule has 3 nitrogen and oxygen atoms in total. The molecule has 61 valence electrons. The fraction of sp³-hybridized carbons (Fsp3) is 1.00. The van der Waals surface area contributed by atoms with Gasteiger partial charge in [0.1, 0.15) is 0 Å². The molecule has 0 aromatic carbocycles. The summed E-state index contributed by atoms with van der Waals surface area (Å²) in [7, 11) is -4.54. The minimum atomic E-state index is -4.54. The van der Waals surface area contributed by atoms with Crippen LogP contribution in [0, 0.1) is 0 Å². The Morgan fingerprint density at radius 1 is 1.22 bits per heavy atom. The van der Waals surface area contributed by atoms with Gasteiger partial charge in [-0.25, -0.2) is 0 Å². The van der Waals surface area contributed by atoms with Crippen molar-refractivity contribution in [2.24, 2.45) is 0 Å². The first-order valence-electron chi connectivity index (χ1n) is 1.29. The first kappa shape index (κ1) is 13.1. The van der Waals surface area contributed by atoms with Crippen molar-refractivity contribution in [3.63, 3.8) is 0 Å². The third-order valence-electron chi connectivity index (χ3n) is 0.292. The van der Waals surface area contributed by atoms with E-state index in [2.05, 4.69) is 0 Å². The average Bonchev–Trinajstić information content (AvgIpc) is 1.25. The Morgan fingerprint density at radius 3 is 1.33 bits per heavy atom. The molecule has 0 aliphatic carbocycles. The summed E-state index contributed by atoms with van der Waals surface area (Å²) in [4.78, 5) is 0. The molecule has 0 unspecified atom stereocenters. The molecule has 0 aliphatic heterocycles. The normalized spacial score (nSPS) is 12.4. The molecule has 1 radical (unpaired) electrons. The molecule has 0 fully saturated rings. The molecule has 0 atom stereocenters. The number of alkyl halides is 3. The van der Waals surface area contributed by atoms with E-state index in [1.807, 2.05) is 0 Å². The summed E-state index contributed by atoms with van der Waals surface area (Å²) in [6.07, 6.45) is 0. The monoisotopic (exact) mass is 305 g/mol. The van der Waals surface area contributed by atoms with Crippen molar-refractivity contribution in [1.29, 1.82) is 0 Å². The zero-order chi connectivity index (χ0) is 7.00. The van der Waals surface area contributed by atoms with Gasteiger partial charge in [0.2, 0.25) is 0 Å². The topological polar surface area (TPSA) is 54.4 Å². The van der Waals surface area contributed by atoms with Crippen molar-refractivity contribution >= 4 is 44.9 Å². The van der Waals surface area contributed by atoms with Crippen LogP contribution in [0.3, 0.4) is 0 Å². The van der Waals surface area contributed by atoms with Gasteiger partial charge in [-0.05, 0) is 0 Å². The van der Waals surface area contributed by atoms with Gasteiger partial charge in [-0.2, -0.15) is 8.42 Å². The smallest absolute Gasteiger partial charge is 0.282 e. The third kappa shape index (κ3) is 4.86. The van der Waals surface area contributed by atoms with Crippen LogP contribution in [0.25, 0.3) is 0 Å². The Labute approximate surface area is 82.9 Å². The summed E-state index contributed by atoms with van der Waals surface area (Å²) in [5.74, 6) is 0. The van der Waals surface area contributed by atoms with Gasteiger partial charge in [-0.15, -0.1) is 0 Å². The van der Waals surface area contributed by atoms with Gasteiger partial charge in [0.15, 0.2) is 0 Å². The molecule has 9 heavy (non-hydrogen) atoms. The fourth-order valence-corrected chi connectivity index (χ4v) is 0. The van der Waals surface area contributed by atoms with Gasteiger partial charge in [-0.1, -0.05) is 34.8 Å². The van der Waals surface area contributed by atoms with Gasteiger partial charge < -0.3 is 0 Å². The van der Waals surface area contributed by atoms with Crippen LogP contribution in [0.2, 0.25) is 0 Å². The van der Waals surface area contributed by atoms with Gasteiger partial charge >= 0.3 is 13.2 Å². The van der Waals surface area contributed by atoms with E-state index in [4.69, 9.17) is 39.4 Å². The second-order valence-corrected chi connectivity index (χ2v) is 5.44. The van der Waals surface area contributed by atoms with E-state index < -0.39 is 13.2 Å². The number of rotatable bonds is 0. The predicted molar refractivity (Wildman–Crippen MR) is 31.8 cm³/mol. The number of hydrogen-bond donors (Lipinski definition) is 1. The summed E-state index contributed by atoms with van der Waals surface area (Å²) in [6.45, 7) is 0. The Kier molecular flexibility index (Phi) is 5.52. The quantitative estimate of drug-likeness (QED) is 0.416. The van der Waals surface area contributed by atoms with E-state index in [1.165, 1.54) is 0 Å². The molecule has 0 amide bonds. The van der Waals surface area contributed by atoms with Gasteiger partial charge in [0.05, 0.1) is 0 Å². The van der Waals surface area contributed by atoms with Crippen molar-refractivity contribution in [2.75, 3.05) is 0 Å². The van der Waals surface area contributed by atoms with Crippen molar-refractivity contribution in [3.05, 3.63) is 0 Å². The Hall–Kier alpha value is 1.52. The molecule has 0 saturated carbocycles. The van der Waals surface area contributed by atoms with Crippen LogP contribution < -0.4 is 0 Å². The Morgan fingerprint density at radius 2 is 1.33 bits per heavy atom. The molecule has 0 aliphatic rings. The molecule has 0 saturated heterocycles. The van der Waals surface area contributed by atoms with Crippen LogP contribution in [0.1, 0.15) is 0 Å². The summed E-state index contributed by atoms with van der Waals surface area (Å²) < 4.78 is 24.9. The van der Waals surface area contributed by atoms with Crippen LogP contribution in [0.5, 0.6) is 0 Å². The average molecular weight is 307 g/mol. The molecule has 0 rings (SSSR count). The molecule has 0 spiro atoms. The molecule has 8 heteroatoms. The first-order chi connectivity index (χ1) is 3.25. The van der Waals surface area contributed by atoms with E-state index in [1.54, 1.807) is 0 Å². The molecular formula is CHAgCl3O3S. The Bertz CT molecular complexity index is 168. The minimum Gasteiger partial charge on any atom is -0.282 e. The van der Waals surface area contributed by atoms with Crippen molar-refractivity contribution in [2.45, 2.75) is 3.12 Å². The van der Waals surface area contributed by atoms with E-state index in [-0.39, 0.29) is 22.4 Å². The van der Waals surface area contributed by atoms with Crippen LogP contribution in [-0.2, 0) is 32.5 Å². The van der Waals surface area contributed by atoms with Crippen LogP contribution >= 0.6 is 34.8 Å². The number of halogens is 3. The van der Waals surface area contributed by atoms with Crippen molar-refractivity contribution < 1.29 is 35.4 Å². The minimum absolute atomic E-state index is 0. The van der Waals surface area contributed by atoms with E-state index >= 15 is 0 Å². The maximum atomic E-state index is 9.81. The number of hydrogen-bond acceptors (Lipinski definition) is 2. The zero-order valence-corrected chi connectivity index (χ0v) is 8.17. The van der Waals surface area contributed by atoms with Crippen LogP contribution in [0.4, 0.5) is 0 Å². The second-order valence-electron chi connectivity index (χ2n) is 0.921. The molecule has 0 aromatic rings. The van der Waals surface area contributed by atoms with Gasteiger partial charge in [0.25, 0.3) is 0 Å². The Balaban J connectivity index is 0. The summed E-state index contributed by atoms with van der Waals surface area (Å²) in [5.41, 5.74) is 0. The fourth-order valence-electron chi connectivity index (χ4n) is 0. The SMILES string of the molecule is O=S(=O)(O)C(Cl)(Cl)Cl.[Ag]. The van der Waals surface area contributed by atoms with Crippen LogP contribution in [-0.4, -0.2) is 16.1 Å². The molecule has 1 N–H and O–H groups in total. The molecular weight excluding hydrogens is 306 g/mol. The largest absolute Gasteiger partial charge is 0.317 e. The second kappa shape index (κ2) is 3.78. The third-order valence-corrected chi connectivity index (χ3v) is 2.63. The predicted octanol–water partition coefficient (Wildman–Crippen LogP) is 1.20. The summed E-state index contributed by atoms with van der Waals surface area (Å²) >= 11 is 14.1. The maximum Gasteiger partial charge on any atom is 0.317 e. The molecule has 0 aromatic heterocycles. The standard InChI is InChI=1S/CHCl3O3S.Ag/c2-1(3,4)8(5,6)7;/h(H,5,6,7);. The molecule has 0 bridgehead atoms. The maximum absolute atomic E-state index is 9.81. The van der Waals surface area contributed by atoms with E-state index in [9.17, 15) is 8.42 Å². The van der Waals surface area contributed by atoms with Crippen LogP contribution in [0.15, 0.2) is 0 Å².